The number of benzene rings is 1. The van der Waals surface area contributed by atoms with E-state index in [1.54, 1.807) is 0 Å². The van der Waals surface area contributed by atoms with Gasteiger partial charge in [-0.3, -0.25) is 14.1 Å². The lowest BCUT2D eigenvalue weighted by molar-refractivity contribution is -0.141. The minimum absolute atomic E-state index is 0.125. The molecule has 0 aliphatic carbocycles. The molecule has 128 valence electrons. The van der Waals surface area contributed by atoms with E-state index in [0.29, 0.717) is 0 Å². The Morgan fingerprint density at radius 1 is 1.30 bits per heavy atom. The fraction of sp³-hybridized carbons (Fsp3) is 0.429. The van der Waals surface area contributed by atoms with E-state index in [2.05, 4.69) is 5.32 Å². The number of ether oxygens (including phenoxy) is 2. The van der Waals surface area contributed by atoms with E-state index in [1.807, 2.05) is 0 Å². The summed E-state index contributed by atoms with van der Waals surface area (Å²) in [6, 6.07) is 3.77. The zero-order valence-electron chi connectivity index (χ0n) is 13.2. The summed E-state index contributed by atoms with van der Waals surface area (Å²) >= 11 is 0. The maximum absolute atomic E-state index is 12.1. The number of carbonyl (C=O) groups is 2. The third-order valence-corrected chi connectivity index (χ3v) is 4.33. The fourth-order valence-electron chi connectivity index (χ4n) is 1.79. The molecule has 0 spiro atoms. The molecule has 1 rings (SSSR count). The predicted molar refractivity (Wildman–Crippen MR) is 82.2 cm³/mol. The average Bonchev–Trinajstić information content (AvgIpc) is 2.46. The quantitative estimate of drug-likeness (QED) is 0.714. The van der Waals surface area contributed by atoms with E-state index in [0.717, 1.165) is 6.07 Å². The summed E-state index contributed by atoms with van der Waals surface area (Å²) in [7, 11) is -1.94. The van der Waals surface area contributed by atoms with Gasteiger partial charge < -0.3 is 14.8 Å². The number of anilines is 1. The number of Topliss-reactive ketones (excluding diaryl/α,β-unsaturated/α-hetero) is 1. The van der Waals surface area contributed by atoms with Crippen molar-refractivity contribution in [3.05, 3.63) is 18.2 Å². The van der Waals surface area contributed by atoms with Gasteiger partial charge in [-0.1, -0.05) is 0 Å². The molecule has 2 N–H and O–H groups in total. The molecule has 1 unspecified atom stereocenters. The number of hydrogen-bond donors (Lipinski definition) is 2. The molecule has 23 heavy (non-hydrogen) atoms. The van der Waals surface area contributed by atoms with Crippen LogP contribution in [0.25, 0.3) is 0 Å². The van der Waals surface area contributed by atoms with Gasteiger partial charge in [0, 0.05) is 13.2 Å². The van der Waals surface area contributed by atoms with Crippen molar-refractivity contribution in [2.75, 3.05) is 19.5 Å². The minimum Gasteiger partial charge on any atom is -0.497 e. The molecule has 8 nitrogen and oxygen atoms in total. The van der Waals surface area contributed by atoms with E-state index in [9.17, 15) is 22.6 Å². The number of carbonyl (C=O) groups excluding carboxylic acids is 2. The lowest BCUT2D eigenvalue weighted by Gasteiger charge is -2.24. The highest BCUT2D eigenvalue weighted by Crippen LogP contribution is 2.27. The summed E-state index contributed by atoms with van der Waals surface area (Å²) in [4.78, 5) is 23.1. The molecule has 0 aromatic heterocycles. The average molecular weight is 345 g/mol. The molecule has 0 aliphatic heterocycles. The second-order valence-electron chi connectivity index (χ2n) is 5.05. The van der Waals surface area contributed by atoms with Crippen LogP contribution in [0.4, 0.5) is 5.69 Å². The zero-order valence-corrected chi connectivity index (χ0v) is 14.1. The molecule has 1 atom stereocenters. The van der Waals surface area contributed by atoms with Crippen LogP contribution in [0.1, 0.15) is 20.3 Å². The number of rotatable bonds is 7. The summed E-state index contributed by atoms with van der Waals surface area (Å²) < 4.78 is 42.0. The predicted octanol–water partition coefficient (Wildman–Crippen LogP) is 1.26. The minimum atomic E-state index is -4.57. The molecule has 0 saturated carbocycles. The largest absolute Gasteiger partial charge is 0.497 e. The lowest BCUT2D eigenvalue weighted by atomic mass is 9.97. The molecule has 0 aliphatic rings. The van der Waals surface area contributed by atoms with Gasteiger partial charge in [0.1, 0.15) is 16.2 Å². The van der Waals surface area contributed by atoms with Crippen molar-refractivity contribution in [1.82, 2.24) is 0 Å². The highest BCUT2D eigenvalue weighted by atomic mass is 32.2. The Labute approximate surface area is 134 Å². The lowest BCUT2D eigenvalue weighted by Crippen LogP contribution is -2.39. The van der Waals surface area contributed by atoms with Crippen molar-refractivity contribution in [2.45, 2.75) is 30.8 Å². The normalized spacial score (nSPS) is 14.0. The molecule has 0 saturated heterocycles. The van der Waals surface area contributed by atoms with Crippen LogP contribution in [-0.4, -0.2) is 44.5 Å². The van der Waals surface area contributed by atoms with E-state index in [1.165, 1.54) is 40.2 Å². The van der Waals surface area contributed by atoms with Gasteiger partial charge >= 0.3 is 0 Å². The second-order valence-corrected chi connectivity index (χ2v) is 6.44. The monoisotopic (exact) mass is 345 g/mol. The molecule has 1 aromatic rings. The molecule has 0 bridgehead atoms. The number of methoxy groups -OCH3 is 2. The Kier molecular flexibility index (Phi) is 5.86. The highest BCUT2D eigenvalue weighted by Gasteiger charge is 2.33. The Hall–Kier alpha value is -1.97. The van der Waals surface area contributed by atoms with Crippen LogP contribution in [0.3, 0.4) is 0 Å². The topological polar surface area (TPSA) is 119 Å². The molecule has 1 amide bonds. The molecule has 0 heterocycles. The van der Waals surface area contributed by atoms with Gasteiger partial charge in [-0.05, 0) is 26.0 Å². The third kappa shape index (κ3) is 4.75. The number of hydrogen-bond acceptors (Lipinski definition) is 6. The van der Waals surface area contributed by atoms with Crippen molar-refractivity contribution in [2.24, 2.45) is 0 Å². The number of ketones is 1. The first-order valence-corrected chi connectivity index (χ1v) is 7.99. The maximum atomic E-state index is 12.1. The molecular formula is C14H19NO7S. The van der Waals surface area contributed by atoms with Gasteiger partial charge in [0.05, 0.1) is 19.2 Å². The second kappa shape index (κ2) is 7.07. The highest BCUT2D eigenvalue weighted by molar-refractivity contribution is 7.86. The van der Waals surface area contributed by atoms with Crippen molar-refractivity contribution < 1.29 is 32.0 Å². The van der Waals surface area contributed by atoms with Crippen LogP contribution in [0, 0.1) is 0 Å². The molecule has 0 radical (unpaired) electrons. The number of nitrogens with one attached hydrogen (secondary N) is 1. The van der Waals surface area contributed by atoms with Gasteiger partial charge in [-0.2, -0.15) is 8.42 Å². The van der Waals surface area contributed by atoms with Gasteiger partial charge in [0.15, 0.2) is 5.78 Å². The first-order chi connectivity index (χ1) is 10.5. The van der Waals surface area contributed by atoms with Crippen molar-refractivity contribution in [3.8, 4) is 5.75 Å². The fourth-order valence-corrected chi connectivity index (χ4v) is 2.45. The van der Waals surface area contributed by atoms with E-state index >= 15 is 0 Å². The molecular weight excluding hydrogens is 326 g/mol. The smallest absolute Gasteiger partial charge is 0.296 e. The van der Waals surface area contributed by atoms with Gasteiger partial charge in [-0.15, -0.1) is 0 Å². The van der Waals surface area contributed by atoms with Crippen LogP contribution in [0.15, 0.2) is 23.1 Å². The zero-order chi connectivity index (χ0) is 17.8. The van der Waals surface area contributed by atoms with Gasteiger partial charge in [0.25, 0.3) is 10.1 Å². The summed E-state index contributed by atoms with van der Waals surface area (Å²) in [6.45, 7) is 2.74. The van der Waals surface area contributed by atoms with Crippen molar-refractivity contribution in [1.29, 1.82) is 0 Å². The summed E-state index contributed by atoms with van der Waals surface area (Å²) in [5.74, 6) is -0.791. The summed E-state index contributed by atoms with van der Waals surface area (Å²) in [5.41, 5.74) is -1.45. The molecule has 9 heteroatoms. The SMILES string of the molecule is COc1ccc(NC(=O)CC(C)(OC)C(C)=O)c(S(=O)(=O)O)c1. The first-order valence-electron chi connectivity index (χ1n) is 6.55. The van der Waals surface area contributed by atoms with E-state index < -0.39 is 26.5 Å². The van der Waals surface area contributed by atoms with Crippen LogP contribution in [0.5, 0.6) is 5.75 Å². The van der Waals surface area contributed by atoms with Crippen LogP contribution in [-0.2, 0) is 24.4 Å². The van der Waals surface area contributed by atoms with Crippen molar-refractivity contribution >= 4 is 27.5 Å². The third-order valence-electron chi connectivity index (χ3n) is 3.43. The van der Waals surface area contributed by atoms with E-state index in [-0.39, 0.29) is 23.6 Å². The number of amides is 1. The Morgan fingerprint density at radius 3 is 2.35 bits per heavy atom. The Balaban J connectivity index is 3.10. The van der Waals surface area contributed by atoms with Crippen LogP contribution in [0.2, 0.25) is 0 Å². The van der Waals surface area contributed by atoms with Crippen LogP contribution < -0.4 is 10.1 Å². The Bertz CT molecular complexity index is 714. The Morgan fingerprint density at radius 2 is 1.91 bits per heavy atom. The van der Waals surface area contributed by atoms with Crippen molar-refractivity contribution in [3.63, 3.8) is 0 Å². The summed E-state index contributed by atoms with van der Waals surface area (Å²) in [6.07, 6.45) is -0.310. The van der Waals surface area contributed by atoms with Gasteiger partial charge in [0.2, 0.25) is 5.91 Å². The van der Waals surface area contributed by atoms with E-state index in [4.69, 9.17) is 9.47 Å². The first kappa shape index (κ1) is 19.1. The maximum Gasteiger partial charge on any atom is 0.296 e. The summed E-state index contributed by atoms with van der Waals surface area (Å²) in [5, 5.41) is 2.35. The standard InChI is InChI=1S/C14H19NO7S/c1-9(16)14(2,22-4)8-13(17)15-11-6-5-10(21-3)7-12(11)23(18,19)20/h5-7H,8H2,1-4H3,(H,15,17)(H,18,19,20). The molecule has 0 fully saturated rings. The van der Waals surface area contributed by atoms with Crippen LogP contribution >= 0.6 is 0 Å². The van der Waals surface area contributed by atoms with Gasteiger partial charge in [-0.25, -0.2) is 0 Å². The molecule has 1 aromatic carbocycles.